The molecule has 0 fully saturated rings. The van der Waals surface area contributed by atoms with Crippen LogP contribution in [-0.4, -0.2) is 56.5 Å². The van der Waals surface area contributed by atoms with E-state index in [9.17, 15) is 5.26 Å². The molecule has 0 unspecified atom stereocenters. The van der Waals surface area contributed by atoms with Crippen LogP contribution in [0.15, 0.2) is 55.4 Å². The van der Waals surface area contributed by atoms with Gasteiger partial charge in [-0.25, -0.2) is 0 Å². The standard InChI is InChI=1S/C26H29N5O3/c1-3-31(18-30-20-4-7-25-26(14-20)34-13-12-33-25)11-10-28-9-8-22-19(16-27)17-29-24-6-5-21(32-2)15-23(22)24/h3-7,14-15,17,28,30H,1,8-13,18H2,2H3. The summed E-state index contributed by atoms with van der Waals surface area (Å²) in [4.78, 5) is 6.49. The molecule has 1 aliphatic heterocycles. The van der Waals surface area contributed by atoms with Crippen molar-refractivity contribution in [2.75, 3.05) is 51.9 Å². The van der Waals surface area contributed by atoms with Crippen molar-refractivity contribution in [1.82, 2.24) is 15.2 Å². The van der Waals surface area contributed by atoms with Gasteiger partial charge in [0.1, 0.15) is 25.0 Å². The summed E-state index contributed by atoms with van der Waals surface area (Å²) in [6.07, 6.45) is 4.19. The highest BCUT2D eigenvalue weighted by molar-refractivity contribution is 5.85. The normalized spacial score (nSPS) is 12.1. The van der Waals surface area contributed by atoms with Gasteiger partial charge >= 0.3 is 0 Å². The molecule has 0 spiro atoms. The fourth-order valence-electron chi connectivity index (χ4n) is 3.86. The van der Waals surface area contributed by atoms with Gasteiger partial charge in [-0.1, -0.05) is 6.58 Å². The van der Waals surface area contributed by atoms with Gasteiger partial charge in [0.05, 0.1) is 24.9 Å². The van der Waals surface area contributed by atoms with Crippen LogP contribution in [0.25, 0.3) is 10.9 Å². The Balaban J connectivity index is 1.27. The van der Waals surface area contributed by atoms with Gasteiger partial charge in [-0.05, 0) is 55.1 Å². The Labute approximate surface area is 199 Å². The molecule has 8 heteroatoms. The molecular formula is C26H29N5O3. The Morgan fingerprint density at radius 3 is 2.82 bits per heavy atom. The third kappa shape index (κ3) is 5.50. The molecule has 0 saturated carbocycles. The van der Waals surface area contributed by atoms with Crippen LogP contribution in [0.2, 0.25) is 0 Å². The van der Waals surface area contributed by atoms with E-state index in [1.54, 1.807) is 13.3 Å². The predicted molar refractivity (Wildman–Crippen MR) is 132 cm³/mol. The zero-order valence-corrected chi connectivity index (χ0v) is 19.3. The average Bonchev–Trinajstić information content (AvgIpc) is 2.89. The molecule has 176 valence electrons. The molecule has 1 aromatic heterocycles. The zero-order valence-electron chi connectivity index (χ0n) is 19.3. The van der Waals surface area contributed by atoms with Gasteiger partial charge in [0.25, 0.3) is 0 Å². The fraction of sp³-hybridized carbons (Fsp3) is 0.308. The fourth-order valence-corrected chi connectivity index (χ4v) is 3.86. The smallest absolute Gasteiger partial charge is 0.163 e. The number of nitriles is 1. The number of hydrogen-bond acceptors (Lipinski definition) is 8. The number of ether oxygens (including phenoxy) is 3. The van der Waals surface area contributed by atoms with Crippen molar-refractivity contribution < 1.29 is 14.2 Å². The Hall–Kier alpha value is -3.96. The molecular weight excluding hydrogens is 430 g/mol. The number of fused-ring (bicyclic) bond motifs is 2. The van der Waals surface area contributed by atoms with E-state index in [1.807, 2.05) is 42.6 Å². The maximum Gasteiger partial charge on any atom is 0.163 e. The molecule has 0 amide bonds. The summed E-state index contributed by atoms with van der Waals surface area (Å²) in [5, 5.41) is 17.4. The average molecular weight is 460 g/mol. The van der Waals surface area contributed by atoms with Crippen LogP contribution in [0, 0.1) is 11.3 Å². The van der Waals surface area contributed by atoms with Crippen LogP contribution < -0.4 is 24.8 Å². The number of methoxy groups -OCH3 is 1. The SMILES string of the molecule is C=CN(CCNCCc1c(C#N)cnc2ccc(OC)cc12)CNc1ccc2c(c1)OCCO2. The van der Waals surface area contributed by atoms with E-state index in [2.05, 4.69) is 33.2 Å². The van der Waals surface area contributed by atoms with Gasteiger partial charge in [-0.15, -0.1) is 0 Å². The third-order valence-corrected chi connectivity index (χ3v) is 5.72. The molecule has 0 radical (unpaired) electrons. The number of hydrogen-bond donors (Lipinski definition) is 2. The molecule has 8 nitrogen and oxygen atoms in total. The Kier molecular flexibility index (Phi) is 7.68. The summed E-state index contributed by atoms with van der Waals surface area (Å²) in [7, 11) is 1.64. The monoisotopic (exact) mass is 459 g/mol. The third-order valence-electron chi connectivity index (χ3n) is 5.72. The summed E-state index contributed by atoms with van der Waals surface area (Å²) in [6.45, 7) is 8.01. The molecule has 3 aromatic rings. The first-order valence-corrected chi connectivity index (χ1v) is 11.3. The van der Waals surface area contributed by atoms with E-state index in [-0.39, 0.29) is 0 Å². The second-order valence-electron chi connectivity index (χ2n) is 7.83. The molecule has 0 saturated heterocycles. The Morgan fingerprint density at radius 1 is 1.18 bits per heavy atom. The number of aromatic nitrogens is 1. The van der Waals surface area contributed by atoms with Crippen molar-refractivity contribution in [2.24, 2.45) is 0 Å². The zero-order chi connectivity index (χ0) is 23.8. The molecule has 2 N–H and O–H groups in total. The number of nitrogens with one attached hydrogen (secondary N) is 2. The van der Waals surface area contributed by atoms with Crippen molar-refractivity contribution in [2.45, 2.75) is 6.42 Å². The molecule has 0 atom stereocenters. The van der Waals surface area contributed by atoms with Crippen molar-refractivity contribution in [1.29, 1.82) is 5.26 Å². The van der Waals surface area contributed by atoms with E-state index in [0.29, 0.717) is 25.4 Å². The lowest BCUT2D eigenvalue weighted by molar-refractivity contribution is 0.171. The molecule has 0 aliphatic carbocycles. The molecule has 0 bridgehead atoms. The van der Waals surface area contributed by atoms with Crippen molar-refractivity contribution in [3.63, 3.8) is 0 Å². The van der Waals surface area contributed by atoms with Crippen LogP contribution in [0.3, 0.4) is 0 Å². The summed E-state index contributed by atoms with van der Waals surface area (Å²) in [6, 6.07) is 13.9. The molecule has 4 rings (SSSR count). The van der Waals surface area contributed by atoms with E-state index in [4.69, 9.17) is 14.2 Å². The summed E-state index contributed by atoms with van der Waals surface area (Å²) < 4.78 is 16.6. The van der Waals surface area contributed by atoms with Gasteiger partial charge in [0.15, 0.2) is 11.5 Å². The number of rotatable bonds is 11. The van der Waals surface area contributed by atoms with Crippen LogP contribution in [0.4, 0.5) is 5.69 Å². The maximum atomic E-state index is 9.55. The minimum atomic E-state index is 0.569. The van der Waals surface area contributed by atoms with Gasteiger partial charge in [0.2, 0.25) is 0 Å². The van der Waals surface area contributed by atoms with Gasteiger partial charge in [-0.2, -0.15) is 5.26 Å². The number of nitrogens with zero attached hydrogens (tertiary/aromatic N) is 3. The van der Waals surface area contributed by atoms with E-state index < -0.39 is 0 Å². The Bertz CT molecular complexity index is 1190. The lowest BCUT2D eigenvalue weighted by atomic mass is 10.0. The molecule has 2 aromatic carbocycles. The first kappa shape index (κ1) is 23.2. The number of pyridine rings is 1. The highest BCUT2D eigenvalue weighted by atomic mass is 16.6. The highest BCUT2D eigenvalue weighted by Gasteiger charge is 2.12. The van der Waals surface area contributed by atoms with Crippen LogP contribution in [0.1, 0.15) is 11.1 Å². The minimum absolute atomic E-state index is 0.569. The predicted octanol–water partition coefficient (Wildman–Crippen LogP) is 3.53. The van der Waals surface area contributed by atoms with Gasteiger partial charge in [-0.3, -0.25) is 4.98 Å². The van der Waals surface area contributed by atoms with Gasteiger partial charge in [0, 0.05) is 36.4 Å². The van der Waals surface area contributed by atoms with Crippen molar-refractivity contribution >= 4 is 16.6 Å². The van der Waals surface area contributed by atoms with Crippen molar-refractivity contribution in [3.8, 4) is 23.3 Å². The first-order valence-electron chi connectivity index (χ1n) is 11.3. The van der Waals surface area contributed by atoms with Crippen LogP contribution in [-0.2, 0) is 6.42 Å². The minimum Gasteiger partial charge on any atom is -0.497 e. The largest absolute Gasteiger partial charge is 0.497 e. The Morgan fingerprint density at radius 2 is 2.03 bits per heavy atom. The lowest BCUT2D eigenvalue weighted by Crippen LogP contribution is -2.32. The number of anilines is 1. The summed E-state index contributed by atoms with van der Waals surface area (Å²) >= 11 is 0. The van der Waals surface area contributed by atoms with Crippen molar-refractivity contribution in [3.05, 3.63) is 66.5 Å². The molecule has 2 heterocycles. The summed E-state index contributed by atoms with van der Waals surface area (Å²) in [5.74, 6) is 2.30. The van der Waals surface area contributed by atoms with Gasteiger partial charge < -0.3 is 29.7 Å². The van der Waals surface area contributed by atoms with E-state index in [0.717, 1.165) is 65.5 Å². The maximum absolute atomic E-state index is 9.55. The van der Waals surface area contributed by atoms with E-state index >= 15 is 0 Å². The lowest BCUT2D eigenvalue weighted by Gasteiger charge is -2.23. The molecule has 1 aliphatic rings. The highest BCUT2D eigenvalue weighted by Crippen LogP contribution is 2.32. The first-order chi connectivity index (χ1) is 16.7. The topological polar surface area (TPSA) is 91.7 Å². The van der Waals surface area contributed by atoms with E-state index in [1.165, 1.54) is 0 Å². The molecule has 34 heavy (non-hydrogen) atoms. The van der Waals surface area contributed by atoms with Crippen LogP contribution in [0.5, 0.6) is 17.2 Å². The second kappa shape index (κ2) is 11.3. The number of benzene rings is 2. The summed E-state index contributed by atoms with van der Waals surface area (Å²) in [5.41, 5.74) is 3.41. The van der Waals surface area contributed by atoms with Crippen LogP contribution >= 0.6 is 0 Å². The quantitative estimate of drug-likeness (QED) is 0.332. The second-order valence-corrected chi connectivity index (χ2v) is 7.83.